The van der Waals surface area contributed by atoms with Gasteiger partial charge in [0, 0.05) is 36.6 Å². The van der Waals surface area contributed by atoms with Crippen LogP contribution in [0.5, 0.6) is 0 Å². The van der Waals surface area contributed by atoms with Crippen molar-refractivity contribution in [2.45, 2.75) is 32.2 Å². The Balaban J connectivity index is 1.53. The Hall–Kier alpha value is -1.72. The molecule has 1 unspecified atom stereocenters. The highest BCUT2D eigenvalue weighted by molar-refractivity contribution is 7.13. The predicted molar refractivity (Wildman–Crippen MR) is 97.4 cm³/mol. The summed E-state index contributed by atoms with van der Waals surface area (Å²) < 4.78 is 0. The van der Waals surface area contributed by atoms with Crippen molar-refractivity contribution in [3.05, 3.63) is 40.9 Å². The van der Waals surface area contributed by atoms with Crippen LogP contribution in [0.3, 0.4) is 0 Å². The minimum Gasteiger partial charge on any atom is -0.336 e. The Morgan fingerprint density at radius 2 is 2.04 bits per heavy atom. The summed E-state index contributed by atoms with van der Waals surface area (Å²) in [6, 6.07) is 8.76. The van der Waals surface area contributed by atoms with Crippen molar-refractivity contribution in [2.24, 2.45) is 0 Å². The van der Waals surface area contributed by atoms with Gasteiger partial charge >= 0.3 is 0 Å². The average molecular weight is 341 g/mol. The summed E-state index contributed by atoms with van der Waals surface area (Å²) in [5.74, 6) is 0.0971. The molecule has 1 aromatic carbocycles. The van der Waals surface area contributed by atoms with Crippen molar-refractivity contribution in [1.82, 2.24) is 14.8 Å². The average Bonchev–Trinajstić information content (AvgIpc) is 3.20. The lowest BCUT2D eigenvalue weighted by molar-refractivity contribution is 0.0738. The summed E-state index contributed by atoms with van der Waals surface area (Å²) >= 11 is 1.56. The second kappa shape index (κ2) is 6.65. The van der Waals surface area contributed by atoms with Crippen LogP contribution < -0.4 is 0 Å². The third-order valence-corrected chi connectivity index (χ3v) is 6.07. The molecule has 0 aliphatic carbocycles. The molecule has 4 rings (SSSR count). The summed E-state index contributed by atoms with van der Waals surface area (Å²) in [6.07, 6.45) is 3.55. The number of hydrogen-bond acceptors (Lipinski definition) is 4. The molecule has 2 aliphatic heterocycles. The van der Waals surface area contributed by atoms with Crippen molar-refractivity contribution < 1.29 is 4.79 Å². The van der Waals surface area contributed by atoms with Crippen LogP contribution in [0, 0.1) is 6.92 Å². The van der Waals surface area contributed by atoms with E-state index in [9.17, 15) is 4.79 Å². The highest BCUT2D eigenvalue weighted by Crippen LogP contribution is 2.28. The molecule has 0 spiro atoms. The summed E-state index contributed by atoms with van der Waals surface area (Å²) in [6.45, 7) is 6.11. The first-order valence-corrected chi connectivity index (χ1v) is 9.65. The number of thiazole rings is 1. The molecule has 0 saturated carbocycles. The molecule has 0 radical (unpaired) electrons. The van der Waals surface area contributed by atoms with E-state index in [-0.39, 0.29) is 5.91 Å². The first-order valence-electron chi connectivity index (χ1n) is 8.77. The summed E-state index contributed by atoms with van der Waals surface area (Å²) in [4.78, 5) is 22.1. The molecule has 1 atom stereocenters. The third-order valence-electron chi connectivity index (χ3n) is 5.19. The zero-order valence-corrected chi connectivity index (χ0v) is 14.9. The Labute approximate surface area is 147 Å². The number of aryl methyl sites for hydroxylation is 1. The number of benzene rings is 1. The van der Waals surface area contributed by atoms with E-state index >= 15 is 0 Å². The maximum Gasteiger partial charge on any atom is 0.273 e. The SMILES string of the molecule is Cc1ccccc1-c1nc(C(=O)N2CCCN3CCCC3C2)cs1. The number of carbonyl (C=O) groups is 1. The molecule has 2 aromatic rings. The zero-order valence-electron chi connectivity index (χ0n) is 14.1. The molecule has 0 N–H and O–H groups in total. The zero-order chi connectivity index (χ0) is 16.5. The molecule has 4 nitrogen and oxygen atoms in total. The quantitative estimate of drug-likeness (QED) is 0.840. The van der Waals surface area contributed by atoms with Gasteiger partial charge in [-0.05, 0) is 38.3 Å². The van der Waals surface area contributed by atoms with Gasteiger partial charge in [-0.15, -0.1) is 11.3 Å². The molecule has 0 bridgehead atoms. The van der Waals surface area contributed by atoms with Gasteiger partial charge in [-0.25, -0.2) is 4.98 Å². The van der Waals surface area contributed by atoms with E-state index in [2.05, 4.69) is 28.9 Å². The lowest BCUT2D eigenvalue weighted by Gasteiger charge is -2.25. The maximum absolute atomic E-state index is 12.9. The minimum atomic E-state index is 0.0971. The van der Waals surface area contributed by atoms with Crippen molar-refractivity contribution in [3.8, 4) is 10.6 Å². The Morgan fingerprint density at radius 3 is 2.92 bits per heavy atom. The Bertz CT molecular complexity index is 742. The van der Waals surface area contributed by atoms with E-state index < -0.39 is 0 Å². The normalized spacial score (nSPS) is 21.5. The van der Waals surface area contributed by atoms with E-state index in [0.29, 0.717) is 11.7 Å². The molecule has 2 aliphatic rings. The highest BCUT2D eigenvalue weighted by Gasteiger charge is 2.31. The molecule has 5 heteroatoms. The predicted octanol–water partition coefficient (Wildman–Crippen LogP) is 3.43. The molecular weight excluding hydrogens is 318 g/mol. The van der Waals surface area contributed by atoms with Gasteiger partial charge in [-0.3, -0.25) is 9.69 Å². The van der Waals surface area contributed by atoms with E-state index in [4.69, 9.17) is 0 Å². The van der Waals surface area contributed by atoms with Gasteiger partial charge in [-0.1, -0.05) is 24.3 Å². The number of nitrogens with zero attached hydrogens (tertiary/aromatic N) is 3. The lowest BCUT2D eigenvalue weighted by Crippen LogP contribution is -2.39. The number of rotatable bonds is 2. The number of fused-ring (bicyclic) bond motifs is 1. The van der Waals surface area contributed by atoms with Gasteiger partial charge < -0.3 is 4.90 Å². The van der Waals surface area contributed by atoms with E-state index in [1.807, 2.05) is 22.4 Å². The van der Waals surface area contributed by atoms with Gasteiger partial charge in [0.05, 0.1) is 0 Å². The van der Waals surface area contributed by atoms with E-state index in [0.717, 1.165) is 36.6 Å². The summed E-state index contributed by atoms with van der Waals surface area (Å²) in [7, 11) is 0. The van der Waals surface area contributed by atoms with Gasteiger partial charge in [0.2, 0.25) is 0 Å². The molecule has 1 aromatic heterocycles. The van der Waals surface area contributed by atoms with Gasteiger partial charge in [0.25, 0.3) is 5.91 Å². The number of hydrogen-bond donors (Lipinski definition) is 0. The van der Waals surface area contributed by atoms with Crippen LogP contribution in [-0.4, -0.2) is 52.9 Å². The van der Waals surface area contributed by atoms with Crippen LogP contribution >= 0.6 is 11.3 Å². The largest absolute Gasteiger partial charge is 0.336 e. The number of carbonyl (C=O) groups excluding carboxylic acids is 1. The van der Waals surface area contributed by atoms with Crippen LogP contribution in [0.15, 0.2) is 29.6 Å². The smallest absolute Gasteiger partial charge is 0.273 e. The van der Waals surface area contributed by atoms with Crippen LogP contribution in [0.2, 0.25) is 0 Å². The monoisotopic (exact) mass is 341 g/mol. The minimum absolute atomic E-state index is 0.0971. The van der Waals surface area contributed by atoms with E-state index in [1.165, 1.54) is 24.9 Å². The lowest BCUT2D eigenvalue weighted by atomic mass is 10.1. The van der Waals surface area contributed by atoms with Crippen molar-refractivity contribution >= 4 is 17.2 Å². The Kier molecular flexibility index (Phi) is 4.37. The van der Waals surface area contributed by atoms with Crippen LogP contribution in [-0.2, 0) is 0 Å². The Morgan fingerprint density at radius 1 is 1.21 bits per heavy atom. The van der Waals surface area contributed by atoms with Gasteiger partial charge in [0.15, 0.2) is 0 Å². The van der Waals surface area contributed by atoms with Crippen molar-refractivity contribution in [2.75, 3.05) is 26.2 Å². The number of amides is 1. The first kappa shape index (κ1) is 15.8. The molecular formula is C19H23N3OS. The molecule has 126 valence electrons. The topological polar surface area (TPSA) is 36.4 Å². The standard InChI is InChI=1S/C19H23N3OS/c1-14-6-2-3-8-16(14)18-20-17(13-24-18)19(23)22-11-5-10-21-9-4-7-15(21)12-22/h2-3,6,8,13,15H,4-5,7,9-12H2,1H3. The maximum atomic E-state index is 12.9. The van der Waals surface area contributed by atoms with Crippen molar-refractivity contribution in [1.29, 1.82) is 0 Å². The fraction of sp³-hybridized carbons (Fsp3) is 0.474. The third kappa shape index (κ3) is 2.98. The first-order chi connectivity index (χ1) is 11.7. The van der Waals surface area contributed by atoms with Crippen LogP contribution in [0.25, 0.3) is 10.6 Å². The molecule has 2 saturated heterocycles. The number of aromatic nitrogens is 1. The van der Waals surface area contributed by atoms with Gasteiger partial charge in [0.1, 0.15) is 10.7 Å². The molecule has 1 amide bonds. The van der Waals surface area contributed by atoms with Crippen LogP contribution in [0.4, 0.5) is 0 Å². The fourth-order valence-corrected chi connectivity index (χ4v) is 4.75. The second-order valence-electron chi connectivity index (χ2n) is 6.79. The van der Waals surface area contributed by atoms with Crippen LogP contribution in [0.1, 0.15) is 35.3 Å². The second-order valence-corrected chi connectivity index (χ2v) is 7.65. The summed E-state index contributed by atoms with van der Waals surface area (Å²) in [5, 5.41) is 2.86. The van der Waals surface area contributed by atoms with Gasteiger partial charge in [-0.2, -0.15) is 0 Å². The summed E-state index contributed by atoms with van der Waals surface area (Å²) in [5.41, 5.74) is 2.92. The molecule has 24 heavy (non-hydrogen) atoms. The fourth-order valence-electron chi connectivity index (χ4n) is 3.86. The highest BCUT2D eigenvalue weighted by atomic mass is 32.1. The van der Waals surface area contributed by atoms with E-state index in [1.54, 1.807) is 11.3 Å². The molecule has 2 fully saturated rings. The molecule has 3 heterocycles. The van der Waals surface area contributed by atoms with Crippen molar-refractivity contribution in [3.63, 3.8) is 0 Å².